The summed E-state index contributed by atoms with van der Waals surface area (Å²) in [5.41, 5.74) is 1.46. The number of nitrogens with zero attached hydrogens (tertiary/aromatic N) is 1. The number of carbonyl (C=O) groups is 2. The minimum absolute atomic E-state index is 0.0287. The summed E-state index contributed by atoms with van der Waals surface area (Å²) in [6.07, 6.45) is 0. The SMILES string of the molecule is COc1cc(C(=O)O)cc(NC(=O)c2c(Br)c3ccccc3n2C)c1OC. The Balaban J connectivity index is 2.09. The molecule has 0 radical (unpaired) electrons. The number of ether oxygens (including phenoxy) is 2. The Bertz CT molecular complexity index is 1020. The van der Waals surface area contributed by atoms with Gasteiger partial charge in [0.25, 0.3) is 5.91 Å². The Labute approximate surface area is 163 Å². The molecule has 0 saturated heterocycles. The van der Waals surface area contributed by atoms with Crippen LogP contribution in [0.1, 0.15) is 20.8 Å². The average Bonchev–Trinajstić information content (AvgIpc) is 2.92. The quantitative estimate of drug-likeness (QED) is 0.637. The van der Waals surface area contributed by atoms with Gasteiger partial charge in [0, 0.05) is 18.0 Å². The van der Waals surface area contributed by atoms with Crippen LogP contribution in [-0.4, -0.2) is 35.8 Å². The van der Waals surface area contributed by atoms with Gasteiger partial charge in [-0.2, -0.15) is 0 Å². The van der Waals surface area contributed by atoms with E-state index < -0.39 is 11.9 Å². The second kappa shape index (κ2) is 7.32. The number of para-hydroxylation sites is 1. The van der Waals surface area contributed by atoms with Gasteiger partial charge in [0.05, 0.1) is 29.9 Å². The van der Waals surface area contributed by atoms with E-state index in [-0.39, 0.29) is 22.7 Å². The molecule has 0 aliphatic heterocycles. The highest BCUT2D eigenvalue weighted by Crippen LogP contribution is 2.38. The molecule has 1 heterocycles. The Hall–Kier alpha value is -3.00. The minimum atomic E-state index is -1.14. The third kappa shape index (κ3) is 3.23. The lowest BCUT2D eigenvalue weighted by Crippen LogP contribution is -2.17. The van der Waals surface area contributed by atoms with E-state index in [4.69, 9.17) is 9.47 Å². The molecule has 140 valence electrons. The molecule has 2 aromatic carbocycles. The van der Waals surface area contributed by atoms with Gasteiger partial charge in [-0.25, -0.2) is 4.79 Å². The highest BCUT2D eigenvalue weighted by Gasteiger charge is 2.22. The maximum Gasteiger partial charge on any atom is 0.335 e. The second-order valence-electron chi connectivity index (χ2n) is 5.76. The fraction of sp³-hybridized carbons (Fsp3) is 0.158. The number of halogens is 1. The summed E-state index contributed by atoms with van der Waals surface area (Å²) in [7, 11) is 4.60. The average molecular weight is 433 g/mol. The number of amides is 1. The van der Waals surface area contributed by atoms with Crippen LogP contribution in [0.5, 0.6) is 11.5 Å². The van der Waals surface area contributed by atoms with E-state index in [2.05, 4.69) is 21.2 Å². The molecule has 2 N–H and O–H groups in total. The minimum Gasteiger partial charge on any atom is -0.493 e. The summed E-state index contributed by atoms with van der Waals surface area (Å²) >= 11 is 3.49. The van der Waals surface area contributed by atoms with Crippen LogP contribution in [0, 0.1) is 0 Å². The number of carboxylic acid groups (broad SMARTS) is 1. The molecule has 0 unspecified atom stereocenters. The molecule has 7 nitrogen and oxygen atoms in total. The summed E-state index contributed by atoms with van der Waals surface area (Å²) < 4.78 is 12.9. The van der Waals surface area contributed by atoms with E-state index in [1.165, 1.54) is 26.4 Å². The highest BCUT2D eigenvalue weighted by atomic mass is 79.9. The maximum atomic E-state index is 13.0. The number of fused-ring (bicyclic) bond motifs is 1. The first-order valence-electron chi connectivity index (χ1n) is 7.92. The lowest BCUT2D eigenvalue weighted by atomic mass is 10.1. The van der Waals surface area contributed by atoms with E-state index in [1.807, 2.05) is 24.3 Å². The first kappa shape index (κ1) is 18.8. The highest BCUT2D eigenvalue weighted by molar-refractivity contribution is 9.10. The summed E-state index contributed by atoms with van der Waals surface area (Å²) in [4.78, 5) is 24.4. The predicted octanol–water partition coefficient (Wildman–Crippen LogP) is 3.91. The van der Waals surface area contributed by atoms with Crippen LogP contribution in [-0.2, 0) is 7.05 Å². The smallest absolute Gasteiger partial charge is 0.335 e. The van der Waals surface area contributed by atoms with Crippen LogP contribution >= 0.6 is 15.9 Å². The molecule has 0 aliphatic carbocycles. The fourth-order valence-corrected chi connectivity index (χ4v) is 3.74. The maximum absolute atomic E-state index is 13.0. The summed E-state index contributed by atoms with van der Waals surface area (Å²) in [5.74, 6) is -1.10. The van der Waals surface area contributed by atoms with Crippen LogP contribution in [0.15, 0.2) is 40.9 Å². The number of rotatable bonds is 5. The van der Waals surface area contributed by atoms with Crippen LogP contribution in [0.4, 0.5) is 5.69 Å². The first-order chi connectivity index (χ1) is 12.9. The van der Waals surface area contributed by atoms with E-state index in [0.717, 1.165) is 10.9 Å². The van der Waals surface area contributed by atoms with Crippen molar-refractivity contribution in [3.8, 4) is 11.5 Å². The van der Waals surface area contributed by atoms with Gasteiger partial charge >= 0.3 is 5.97 Å². The number of hydrogen-bond acceptors (Lipinski definition) is 4. The molecule has 0 atom stereocenters. The van der Waals surface area contributed by atoms with Crippen LogP contribution in [0.3, 0.4) is 0 Å². The van der Waals surface area contributed by atoms with Crippen LogP contribution in [0.2, 0.25) is 0 Å². The molecule has 8 heteroatoms. The summed E-state index contributed by atoms with van der Waals surface area (Å²) in [6.45, 7) is 0. The Morgan fingerprint density at radius 2 is 1.85 bits per heavy atom. The summed E-state index contributed by atoms with van der Waals surface area (Å²) in [6, 6.07) is 10.3. The molecule has 1 aromatic heterocycles. The van der Waals surface area contributed by atoms with Crippen molar-refractivity contribution in [3.05, 3.63) is 52.1 Å². The number of aryl methyl sites for hydroxylation is 1. The molecular formula is C19H17BrN2O5. The van der Waals surface area contributed by atoms with Gasteiger partial charge in [-0.3, -0.25) is 4.79 Å². The van der Waals surface area contributed by atoms with E-state index >= 15 is 0 Å². The van der Waals surface area contributed by atoms with Crippen molar-refractivity contribution in [1.29, 1.82) is 0 Å². The molecule has 0 aliphatic rings. The zero-order chi connectivity index (χ0) is 19.7. The lowest BCUT2D eigenvalue weighted by Gasteiger charge is -2.15. The van der Waals surface area contributed by atoms with E-state index in [9.17, 15) is 14.7 Å². The third-order valence-electron chi connectivity index (χ3n) is 4.23. The van der Waals surface area contributed by atoms with Crippen molar-refractivity contribution < 1.29 is 24.2 Å². The van der Waals surface area contributed by atoms with Crippen molar-refractivity contribution in [2.24, 2.45) is 7.05 Å². The molecule has 3 rings (SSSR count). The van der Waals surface area contributed by atoms with E-state index in [1.54, 1.807) is 11.6 Å². The normalized spacial score (nSPS) is 10.7. The number of anilines is 1. The largest absolute Gasteiger partial charge is 0.493 e. The van der Waals surface area contributed by atoms with Gasteiger partial charge < -0.3 is 24.5 Å². The Morgan fingerprint density at radius 1 is 1.15 bits per heavy atom. The fourth-order valence-electron chi connectivity index (χ4n) is 2.96. The van der Waals surface area contributed by atoms with Gasteiger partial charge in [-0.1, -0.05) is 18.2 Å². The van der Waals surface area contributed by atoms with Crippen molar-refractivity contribution in [2.75, 3.05) is 19.5 Å². The molecule has 27 heavy (non-hydrogen) atoms. The van der Waals surface area contributed by atoms with Crippen LogP contribution in [0.25, 0.3) is 10.9 Å². The standard InChI is InChI=1S/C19H17BrN2O5/c1-22-13-7-5-4-6-11(13)15(20)16(22)18(23)21-12-8-10(19(24)25)9-14(26-2)17(12)27-3/h4-9H,1-3H3,(H,21,23)(H,24,25). The number of aromatic carboxylic acids is 1. The van der Waals surface area contributed by atoms with Gasteiger partial charge in [-0.05, 0) is 34.1 Å². The molecule has 0 spiro atoms. The molecule has 3 aromatic rings. The number of hydrogen-bond donors (Lipinski definition) is 2. The van der Waals surface area contributed by atoms with Crippen molar-refractivity contribution >= 4 is 44.4 Å². The number of methoxy groups -OCH3 is 2. The molecule has 0 bridgehead atoms. The number of aromatic nitrogens is 1. The Morgan fingerprint density at radius 3 is 2.44 bits per heavy atom. The van der Waals surface area contributed by atoms with Crippen molar-refractivity contribution in [2.45, 2.75) is 0 Å². The molecule has 1 amide bonds. The molecule has 0 saturated carbocycles. The number of carboxylic acids is 1. The van der Waals surface area contributed by atoms with Gasteiger partial charge in [-0.15, -0.1) is 0 Å². The van der Waals surface area contributed by atoms with Gasteiger partial charge in [0.2, 0.25) is 0 Å². The monoisotopic (exact) mass is 432 g/mol. The second-order valence-corrected chi connectivity index (χ2v) is 6.55. The van der Waals surface area contributed by atoms with Gasteiger partial charge in [0.1, 0.15) is 5.69 Å². The lowest BCUT2D eigenvalue weighted by molar-refractivity contribution is 0.0696. The topological polar surface area (TPSA) is 89.8 Å². The number of benzene rings is 2. The van der Waals surface area contributed by atoms with Gasteiger partial charge in [0.15, 0.2) is 11.5 Å². The van der Waals surface area contributed by atoms with E-state index in [0.29, 0.717) is 10.2 Å². The predicted molar refractivity (Wildman–Crippen MR) is 105 cm³/mol. The summed E-state index contributed by atoms with van der Waals surface area (Å²) in [5, 5.41) is 12.9. The number of nitrogens with one attached hydrogen (secondary N) is 1. The Kier molecular flexibility index (Phi) is 5.09. The third-order valence-corrected chi connectivity index (χ3v) is 5.04. The van der Waals surface area contributed by atoms with Crippen molar-refractivity contribution in [1.82, 2.24) is 4.57 Å². The molecular weight excluding hydrogens is 416 g/mol. The van der Waals surface area contributed by atoms with Crippen molar-refractivity contribution in [3.63, 3.8) is 0 Å². The van der Waals surface area contributed by atoms with Crippen LogP contribution < -0.4 is 14.8 Å². The zero-order valence-corrected chi connectivity index (χ0v) is 16.5. The zero-order valence-electron chi connectivity index (χ0n) is 14.9. The molecule has 0 fully saturated rings. The number of carbonyl (C=O) groups excluding carboxylic acids is 1. The first-order valence-corrected chi connectivity index (χ1v) is 8.72.